The van der Waals surface area contributed by atoms with Crippen LogP contribution < -0.4 is 11.2 Å². The quantitative estimate of drug-likeness (QED) is 0.517. The Bertz CT molecular complexity index is 970. The fourth-order valence-corrected chi connectivity index (χ4v) is 3.69. The third-order valence-corrected chi connectivity index (χ3v) is 5.53. The lowest BCUT2D eigenvalue weighted by molar-refractivity contribution is -0.115. The van der Waals surface area contributed by atoms with Crippen molar-refractivity contribution in [2.24, 2.45) is 0 Å². The minimum absolute atomic E-state index is 0.228. The first-order valence-corrected chi connectivity index (χ1v) is 9.48. The number of thioether (sulfide) groups is 1. The molecule has 1 amide bonds. The number of aromatic nitrogens is 3. The Hall–Kier alpha value is -2.83. The zero-order valence-electron chi connectivity index (χ0n) is 14.1. The summed E-state index contributed by atoms with van der Waals surface area (Å²) >= 11 is 2.52. The molecule has 0 aliphatic rings. The van der Waals surface area contributed by atoms with Crippen molar-refractivity contribution in [1.82, 2.24) is 14.9 Å². The number of carbonyl (C=O) groups excluding carboxylic acids is 1. The molecule has 26 heavy (non-hydrogen) atoms. The van der Waals surface area contributed by atoms with Crippen molar-refractivity contribution < 1.29 is 4.79 Å². The van der Waals surface area contributed by atoms with E-state index in [2.05, 4.69) is 15.5 Å². The maximum absolute atomic E-state index is 12.4. The molecule has 0 spiro atoms. The highest BCUT2D eigenvalue weighted by Gasteiger charge is 2.21. The number of nitrogens with two attached hydrogens (primary N) is 1. The van der Waals surface area contributed by atoms with Gasteiger partial charge >= 0.3 is 0 Å². The number of thiophene rings is 1. The van der Waals surface area contributed by atoms with Crippen LogP contribution in [0.2, 0.25) is 0 Å². The highest BCUT2D eigenvalue weighted by Crippen LogP contribution is 2.27. The summed E-state index contributed by atoms with van der Waals surface area (Å²) in [5.41, 5.74) is 2.44. The number of nitriles is 1. The van der Waals surface area contributed by atoms with Gasteiger partial charge in [-0.05, 0) is 25.3 Å². The lowest BCUT2D eigenvalue weighted by atomic mass is 10.1. The van der Waals surface area contributed by atoms with Crippen molar-refractivity contribution in [1.29, 1.82) is 5.26 Å². The zero-order valence-corrected chi connectivity index (χ0v) is 15.8. The lowest BCUT2D eigenvalue weighted by Gasteiger charge is -2.10. The number of hydrogen-bond acceptors (Lipinski definition) is 7. The van der Waals surface area contributed by atoms with Crippen molar-refractivity contribution in [2.45, 2.75) is 24.3 Å². The molecule has 1 aromatic carbocycles. The maximum atomic E-state index is 12.4. The first-order valence-electron chi connectivity index (χ1n) is 7.72. The van der Waals surface area contributed by atoms with E-state index in [0.29, 0.717) is 21.5 Å². The molecule has 0 fully saturated rings. The minimum Gasteiger partial charge on any atom is -0.335 e. The molecule has 2 aromatic heterocycles. The van der Waals surface area contributed by atoms with Crippen molar-refractivity contribution in [3.63, 3.8) is 0 Å². The number of nitrogen functional groups attached to an aromatic ring is 1. The molecular formula is C17H16N6OS2. The molecule has 1 atom stereocenters. The first-order chi connectivity index (χ1) is 12.5. The molecule has 3 rings (SSSR count). The topological polar surface area (TPSA) is 110 Å². The molecule has 3 N–H and O–H groups in total. The van der Waals surface area contributed by atoms with E-state index in [4.69, 9.17) is 11.1 Å². The number of anilines is 1. The molecule has 132 valence electrons. The fourth-order valence-electron chi connectivity index (χ4n) is 2.18. The molecule has 2 heterocycles. The number of hydrogen-bond donors (Lipinski definition) is 2. The van der Waals surface area contributed by atoms with Gasteiger partial charge in [-0.3, -0.25) is 4.79 Å². The minimum atomic E-state index is -0.457. The standard InChI is InChI=1S/C17H16N6OS2/c1-10-3-5-12(6-4-10)14-21-22-17(23(14)19)26-11(2)15(24)20-16-13(9-18)7-8-25-16/h3-8,11H,19H2,1-2H3,(H,20,24)/t11-/m1/s1. The van der Waals surface area contributed by atoms with Crippen molar-refractivity contribution in [3.05, 3.63) is 46.8 Å². The van der Waals surface area contributed by atoms with E-state index in [1.165, 1.54) is 27.8 Å². The number of aryl methyl sites for hydroxylation is 1. The summed E-state index contributed by atoms with van der Waals surface area (Å²) < 4.78 is 1.38. The molecule has 3 aromatic rings. The highest BCUT2D eigenvalue weighted by atomic mass is 32.2. The number of amides is 1. The Labute approximate surface area is 158 Å². The SMILES string of the molecule is Cc1ccc(-c2nnc(S[C@H](C)C(=O)Nc3sccc3C#N)n2N)cc1. The van der Waals surface area contributed by atoms with Crippen LogP contribution in [0.5, 0.6) is 0 Å². The van der Waals surface area contributed by atoms with E-state index in [0.717, 1.165) is 11.1 Å². The van der Waals surface area contributed by atoms with Crippen LogP contribution in [-0.2, 0) is 4.79 Å². The third kappa shape index (κ3) is 3.71. The summed E-state index contributed by atoms with van der Waals surface area (Å²) in [6.45, 7) is 3.75. The Morgan fingerprint density at radius 1 is 1.35 bits per heavy atom. The average molecular weight is 384 g/mol. The second-order valence-electron chi connectivity index (χ2n) is 5.57. The van der Waals surface area contributed by atoms with Gasteiger partial charge in [0.1, 0.15) is 11.1 Å². The molecule has 0 bridgehead atoms. The molecule has 0 saturated heterocycles. The molecule has 0 saturated carbocycles. The molecule has 9 heteroatoms. The van der Waals surface area contributed by atoms with Gasteiger partial charge in [-0.25, -0.2) is 4.68 Å². The van der Waals surface area contributed by atoms with Gasteiger partial charge in [-0.2, -0.15) is 5.26 Å². The molecular weight excluding hydrogens is 368 g/mol. The predicted octanol–water partition coefficient (Wildman–Crippen LogP) is 3.02. The average Bonchev–Trinajstić information content (AvgIpc) is 3.22. The van der Waals surface area contributed by atoms with E-state index in [1.807, 2.05) is 37.3 Å². The molecule has 7 nitrogen and oxygen atoms in total. The van der Waals surface area contributed by atoms with Gasteiger partial charge in [0.2, 0.25) is 11.1 Å². The summed E-state index contributed by atoms with van der Waals surface area (Å²) in [5.74, 6) is 6.41. The van der Waals surface area contributed by atoms with Crippen molar-refractivity contribution >= 4 is 34.0 Å². The van der Waals surface area contributed by atoms with Gasteiger partial charge in [-0.15, -0.1) is 21.5 Å². The van der Waals surface area contributed by atoms with Crippen LogP contribution in [0, 0.1) is 18.3 Å². The van der Waals surface area contributed by atoms with Crippen LogP contribution in [0.1, 0.15) is 18.1 Å². The van der Waals surface area contributed by atoms with E-state index in [-0.39, 0.29) is 5.91 Å². The normalized spacial score (nSPS) is 11.7. The summed E-state index contributed by atoms with van der Waals surface area (Å²) in [6, 6.07) is 11.5. The van der Waals surface area contributed by atoms with Crippen LogP contribution >= 0.6 is 23.1 Å². The summed E-state index contributed by atoms with van der Waals surface area (Å²) in [7, 11) is 0. The predicted molar refractivity (Wildman–Crippen MR) is 103 cm³/mol. The Kier molecular flexibility index (Phi) is 5.25. The van der Waals surface area contributed by atoms with E-state index < -0.39 is 5.25 Å². The van der Waals surface area contributed by atoms with Gasteiger partial charge in [0, 0.05) is 5.56 Å². The number of rotatable bonds is 5. The summed E-state index contributed by atoms with van der Waals surface area (Å²) in [5, 5.41) is 22.3. The Balaban J connectivity index is 1.72. The number of nitrogens with zero attached hydrogens (tertiary/aromatic N) is 4. The maximum Gasteiger partial charge on any atom is 0.238 e. The van der Waals surface area contributed by atoms with Crippen molar-refractivity contribution in [2.75, 3.05) is 11.2 Å². The second-order valence-corrected chi connectivity index (χ2v) is 7.79. The lowest BCUT2D eigenvalue weighted by Crippen LogP contribution is -2.23. The molecule has 0 aliphatic carbocycles. The van der Waals surface area contributed by atoms with Crippen LogP contribution in [-0.4, -0.2) is 26.0 Å². The molecule has 0 unspecified atom stereocenters. The second kappa shape index (κ2) is 7.59. The van der Waals surface area contributed by atoms with E-state index in [9.17, 15) is 4.79 Å². The third-order valence-electron chi connectivity index (χ3n) is 3.65. The van der Waals surface area contributed by atoms with Crippen LogP contribution in [0.4, 0.5) is 5.00 Å². The zero-order chi connectivity index (χ0) is 18.7. The van der Waals surface area contributed by atoms with Gasteiger partial charge < -0.3 is 11.2 Å². The van der Waals surface area contributed by atoms with E-state index >= 15 is 0 Å². The fraction of sp³-hybridized carbons (Fsp3) is 0.176. The number of nitrogens with one attached hydrogen (secondary N) is 1. The van der Waals surface area contributed by atoms with Crippen LogP contribution in [0.15, 0.2) is 40.9 Å². The number of carbonyl (C=O) groups is 1. The highest BCUT2D eigenvalue weighted by molar-refractivity contribution is 8.00. The first kappa shape index (κ1) is 18.0. The summed E-state index contributed by atoms with van der Waals surface area (Å²) in [6.07, 6.45) is 0. The van der Waals surface area contributed by atoms with Gasteiger partial charge in [0.05, 0.1) is 10.8 Å². The van der Waals surface area contributed by atoms with Gasteiger partial charge in [0.15, 0.2) is 5.82 Å². The van der Waals surface area contributed by atoms with Crippen LogP contribution in [0.3, 0.4) is 0 Å². The van der Waals surface area contributed by atoms with Crippen LogP contribution in [0.25, 0.3) is 11.4 Å². The summed E-state index contributed by atoms with van der Waals surface area (Å²) in [4.78, 5) is 12.4. The molecule has 0 aliphatic heterocycles. The Morgan fingerprint density at radius 2 is 2.08 bits per heavy atom. The largest absolute Gasteiger partial charge is 0.335 e. The Morgan fingerprint density at radius 3 is 2.77 bits per heavy atom. The van der Waals surface area contributed by atoms with E-state index in [1.54, 1.807) is 18.4 Å². The molecule has 0 radical (unpaired) electrons. The smallest absolute Gasteiger partial charge is 0.238 e. The number of benzene rings is 1. The van der Waals surface area contributed by atoms with Crippen molar-refractivity contribution in [3.8, 4) is 17.5 Å². The monoisotopic (exact) mass is 384 g/mol. The van der Waals surface area contributed by atoms with Gasteiger partial charge in [0.25, 0.3) is 0 Å². The van der Waals surface area contributed by atoms with Gasteiger partial charge in [-0.1, -0.05) is 41.6 Å².